The molecule has 0 spiro atoms. The number of hydrogen-bond acceptors (Lipinski definition) is 2. The van der Waals surface area contributed by atoms with Crippen molar-refractivity contribution in [3.63, 3.8) is 0 Å². The van der Waals surface area contributed by atoms with Crippen LogP contribution in [-0.4, -0.2) is 30.1 Å². The Bertz CT molecular complexity index is 209. The number of rotatable bonds is 5. The number of hydrogen-bond donors (Lipinski definition) is 0. The molecule has 1 fully saturated rings. The first-order valence-corrected chi connectivity index (χ1v) is 8.20. The van der Waals surface area contributed by atoms with Crippen LogP contribution in [0.3, 0.4) is 0 Å². The average Bonchev–Trinajstić information content (AvgIpc) is 2.45. The molecule has 0 bridgehead atoms. The van der Waals surface area contributed by atoms with Gasteiger partial charge in [0.05, 0.1) is 0 Å². The second-order valence-corrected chi connectivity index (χ2v) is 8.88. The van der Waals surface area contributed by atoms with Gasteiger partial charge in [0.15, 0.2) is 0 Å². The van der Waals surface area contributed by atoms with E-state index in [-0.39, 0.29) is 9.43 Å². The summed E-state index contributed by atoms with van der Waals surface area (Å²) >= 11 is 2.56. The van der Waals surface area contributed by atoms with E-state index in [1.807, 2.05) is 17.8 Å². The summed E-state index contributed by atoms with van der Waals surface area (Å²) in [6.45, 7) is 10.5. The topological polar surface area (TPSA) is 9.23 Å². The van der Waals surface area contributed by atoms with Gasteiger partial charge in [0.1, 0.15) is 0 Å². The zero-order chi connectivity index (χ0) is 10.7. The van der Waals surface area contributed by atoms with Gasteiger partial charge in [0.25, 0.3) is 0 Å². The molecule has 1 rings (SSSR count). The number of thioether (sulfide) groups is 1. The van der Waals surface area contributed by atoms with Gasteiger partial charge >= 0.3 is 98.2 Å². The first-order chi connectivity index (χ1) is 6.54. The normalized spacial score (nSPS) is 37.4. The van der Waals surface area contributed by atoms with Crippen molar-refractivity contribution in [3.8, 4) is 0 Å². The van der Waals surface area contributed by atoms with Gasteiger partial charge in [-0.15, -0.1) is 0 Å². The van der Waals surface area contributed by atoms with E-state index in [0.29, 0.717) is 15.0 Å². The molecule has 14 heavy (non-hydrogen) atoms. The van der Waals surface area contributed by atoms with Gasteiger partial charge in [0, 0.05) is 0 Å². The third-order valence-corrected chi connectivity index (χ3v) is 7.57. The van der Waals surface area contributed by atoms with Crippen LogP contribution < -0.4 is 0 Å². The van der Waals surface area contributed by atoms with Crippen LogP contribution in [0.2, 0.25) is 5.32 Å². The Morgan fingerprint density at radius 1 is 1.57 bits per heavy atom. The first kappa shape index (κ1) is 12.6. The van der Waals surface area contributed by atoms with Crippen LogP contribution in [0.5, 0.6) is 0 Å². The van der Waals surface area contributed by atoms with Gasteiger partial charge < -0.3 is 0 Å². The fourth-order valence-electron chi connectivity index (χ4n) is 1.33. The van der Waals surface area contributed by atoms with Crippen molar-refractivity contribution in [2.24, 2.45) is 0 Å². The molecule has 0 saturated carbocycles. The zero-order valence-corrected chi connectivity index (χ0v) is 11.9. The van der Waals surface area contributed by atoms with Crippen LogP contribution in [-0.2, 0) is 4.74 Å². The van der Waals surface area contributed by atoms with Crippen LogP contribution in [0.25, 0.3) is 0 Å². The fraction of sp³-hybridized carbons (Fsp3) is 0.818. The second kappa shape index (κ2) is 5.07. The van der Waals surface area contributed by atoms with E-state index >= 15 is 0 Å². The van der Waals surface area contributed by atoms with Crippen LogP contribution in [0.1, 0.15) is 33.6 Å². The third kappa shape index (κ3) is 3.30. The Hall–Kier alpha value is 0.569. The van der Waals surface area contributed by atoms with Gasteiger partial charge in [-0.25, -0.2) is 0 Å². The van der Waals surface area contributed by atoms with Crippen molar-refractivity contribution >= 4 is 26.7 Å². The van der Waals surface area contributed by atoms with Gasteiger partial charge in [-0.2, -0.15) is 0 Å². The molecule has 0 unspecified atom stereocenters. The molecule has 1 aliphatic rings. The molecule has 0 aliphatic carbocycles. The third-order valence-electron chi connectivity index (χ3n) is 2.33. The Morgan fingerprint density at radius 2 is 2.29 bits per heavy atom. The van der Waals surface area contributed by atoms with Crippen LogP contribution >= 0.6 is 11.8 Å². The first-order valence-electron chi connectivity index (χ1n) is 5.15. The molecular formula is C11H20OSSe. The predicted octanol–water partition coefficient (Wildman–Crippen LogP) is 3.29. The van der Waals surface area contributed by atoms with Crippen molar-refractivity contribution in [2.75, 3.05) is 5.75 Å². The minimum absolute atomic E-state index is 0.0615. The summed E-state index contributed by atoms with van der Waals surface area (Å²) in [6.07, 6.45) is 4.53. The predicted molar refractivity (Wildman–Crippen MR) is 66.0 cm³/mol. The summed E-state index contributed by atoms with van der Waals surface area (Å²) < 4.78 is 6.19. The molecule has 0 N–H and O–H groups in total. The Kier molecular flexibility index (Phi) is 4.57. The van der Waals surface area contributed by atoms with Crippen LogP contribution in [0, 0.1) is 0 Å². The second-order valence-electron chi connectivity index (χ2n) is 3.97. The SMILES string of the molecule is C=C[C@]1(C)C[Se][C@](C)(SCCCC)O1. The van der Waals surface area contributed by atoms with E-state index < -0.39 is 0 Å². The molecule has 0 aromatic rings. The van der Waals surface area contributed by atoms with Crippen molar-refractivity contribution < 1.29 is 4.74 Å². The molecule has 1 heterocycles. The average molecular weight is 279 g/mol. The summed E-state index contributed by atoms with van der Waals surface area (Å²) in [5.41, 5.74) is -0.0615. The summed E-state index contributed by atoms with van der Waals surface area (Å²) in [6, 6.07) is 0. The van der Waals surface area contributed by atoms with Crippen molar-refractivity contribution in [1.82, 2.24) is 0 Å². The zero-order valence-electron chi connectivity index (χ0n) is 9.34. The maximum atomic E-state index is 6.10. The van der Waals surface area contributed by atoms with Gasteiger partial charge in [-0.05, 0) is 0 Å². The van der Waals surface area contributed by atoms with Crippen molar-refractivity contribution in [2.45, 2.75) is 48.4 Å². The molecule has 0 aromatic heterocycles. The van der Waals surface area contributed by atoms with Crippen LogP contribution in [0.4, 0.5) is 0 Å². The fourth-order valence-corrected chi connectivity index (χ4v) is 5.87. The van der Waals surface area contributed by atoms with E-state index in [9.17, 15) is 0 Å². The summed E-state index contributed by atoms with van der Waals surface area (Å²) in [5.74, 6) is 1.22. The summed E-state index contributed by atoms with van der Waals surface area (Å²) in [5, 5.41) is 1.17. The van der Waals surface area contributed by atoms with Gasteiger partial charge in [-0.1, -0.05) is 0 Å². The summed E-state index contributed by atoms with van der Waals surface area (Å²) in [4.78, 5) is 0. The molecule has 0 aromatic carbocycles. The Balaban J connectivity index is 2.41. The van der Waals surface area contributed by atoms with E-state index in [4.69, 9.17) is 4.74 Å². The molecule has 1 aliphatic heterocycles. The van der Waals surface area contributed by atoms with E-state index in [2.05, 4.69) is 27.4 Å². The molecule has 0 radical (unpaired) electrons. The molecule has 2 atom stereocenters. The molecule has 1 nitrogen and oxygen atoms in total. The van der Waals surface area contributed by atoms with Gasteiger partial charge in [0.2, 0.25) is 0 Å². The number of unbranched alkanes of at least 4 members (excludes halogenated alkanes) is 1. The molecule has 82 valence electrons. The molecular weight excluding hydrogens is 259 g/mol. The summed E-state index contributed by atoms with van der Waals surface area (Å²) in [7, 11) is 0. The molecule has 0 amide bonds. The maximum absolute atomic E-state index is 6.10. The molecule has 3 heteroatoms. The Morgan fingerprint density at radius 3 is 2.79 bits per heavy atom. The Labute approximate surface area is 98.2 Å². The van der Waals surface area contributed by atoms with E-state index in [1.54, 1.807) is 0 Å². The van der Waals surface area contributed by atoms with E-state index in [0.717, 1.165) is 0 Å². The van der Waals surface area contributed by atoms with E-state index in [1.165, 1.54) is 23.9 Å². The van der Waals surface area contributed by atoms with Crippen molar-refractivity contribution in [3.05, 3.63) is 12.7 Å². The van der Waals surface area contributed by atoms with Gasteiger partial charge in [-0.3, -0.25) is 0 Å². The minimum atomic E-state index is -0.0615. The standard InChI is InChI=1S/C11H20OSSe/c1-5-7-8-13-11(4)12-10(3,6-2)9-14-11/h6H,2,5,7-9H2,1,3-4H3/t10-,11+/m1/s1. The van der Waals surface area contributed by atoms with Crippen LogP contribution in [0.15, 0.2) is 12.7 Å². The van der Waals surface area contributed by atoms with Crippen molar-refractivity contribution in [1.29, 1.82) is 0 Å². The quantitative estimate of drug-likeness (QED) is 0.434. The monoisotopic (exact) mass is 280 g/mol. The molecule has 1 saturated heterocycles. The number of ether oxygens (including phenoxy) is 1.